The summed E-state index contributed by atoms with van der Waals surface area (Å²) in [6.45, 7) is 1.20. The van der Waals surface area contributed by atoms with E-state index in [9.17, 15) is 8.42 Å². The van der Waals surface area contributed by atoms with Crippen LogP contribution in [0.4, 0.5) is 0 Å². The molecule has 1 aliphatic carbocycles. The molecule has 132 valence electrons. The Labute approximate surface area is 146 Å². The van der Waals surface area contributed by atoms with E-state index < -0.39 is 10.0 Å². The highest BCUT2D eigenvalue weighted by molar-refractivity contribution is 7.89. The maximum absolute atomic E-state index is 12.0. The topological polar surface area (TPSA) is 58.2 Å². The highest BCUT2D eigenvalue weighted by atomic mass is 35.5. The molecule has 0 bridgehead atoms. The molecule has 0 heterocycles. The fourth-order valence-corrected chi connectivity index (χ4v) is 4.00. The normalized spacial score (nSPS) is 16.5. The first kappa shape index (κ1) is 20.4. The molecule has 0 amide bonds. The zero-order valence-electron chi connectivity index (χ0n) is 13.7. The molecule has 0 atom stereocenters. The lowest BCUT2D eigenvalue weighted by atomic mass is 10.1. The van der Waals surface area contributed by atoms with Gasteiger partial charge in [0.25, 0.3) is 0 Å². The van der Waals surface area contributed by atoms with Crippen LogP contribution in [0.1, 0.15) is 44.1 Å². The van der Waals surface area contributed by atoms with Crippen LogP contribution in [0, 0.1) is 0 Å². The molecule has 4 nitrogen and oxygen atoms in total. The molecular formula is C17H29ClN2O2S. The van der Waals surface area contributed by atoms with Crippen LogP contribution in [-0.4, -0.2) is 33.3 Å². The molecule has 0 aromatic heterocycles. The number of hydrogen-bond acceptors (Lipinski definition) is 3. The van der Waals surface area contributed by atoms with E-state index in [1.807, 2.05) is 30.3 Å². The highest BCUT2D eigenvalue weighted by Gasteiger charge is 2.12. The van der Waals surface area contributed by atoms with Gasteiger partial charge < -0.3 is 5.32 Å². The summed E-state index contributed by atoms with van der Waals surface area (Å²) in [4.78, 5) is 0. The third-order valence-corrected chi connectivity index (χ3v) is 5.62. The van der Waals surface area contributed by atoms with Crippen molar-refractivity contribution in [2.45, 2.75) is 51.0 Å². The van der Waals surface area contributed by atoms with Crippen LogP contribution in [0.5, 0.6) is 0 Å². The van der Waals surface area contributed by atoms with Gasteiger partial charge in [0.1, 0.15) is 0 Å². The van der Waals surface area contributed by atoms with Gasteiger partial charge in [-0.05, 0) is 24.8 Å². The predicted molar refractivity (Wildman–Crippen MR) is 98.7 cm³/mol. The molecule has 1 aromatic carbocycles. The van der Waals surface area contributed by atoms with Crippen LogP contribution in [0.15, 0.2) is 30.3 Å². The molecule has 1 aliphatic rings. The molecule has 0 unspecified atom stereocenters. The van der Waals surface area contributed by atoms with Gasteiger partial charge in [0.05, 0.1) is 5.75 Å². The molecule has 23 heavy (non-hydrogen) atoms. The lowest BCUT2D eigenvalue weighted by Gasteiger charge is -2.16. The molecule has 2 N–H and O–H groups in total. The number of rotatable bonds is 8. The summed E-state index contributed by atoms with van der Waals surface area (Å²) in [5.74, 6) is 0.153. The second-order valence-electron chi connectivity index (χ2n) is 6.09. The number of benzene rings is 1. The van der Waals surface area contributed by atoms with E-state index in [4.69, 9.17) is 0 Å². The molecule has 2 rings (SSSR count). The summed E-state index contributed by atoms with van der Waals surface area (Å²) in [5.41, 5.74) is 1.06. The standard InChI is InChI=1S/C17H28N2O2S.ClH/c20-22(21,15-12-16-8-4-3-5-9-16)19-14-13-18-17-10-6-1-2-7-11-17;/h3-5,8-9,17-19H,1-2,6-7,10-15H2;1H. The van der Waals surface area contributed by atoms with E-state index in [0.717, 1.165) is 12.1 Å². The van der Waals surface area contributed by atoms with Crippen molar-refractivity contribution in [1.29, 1.82) is 0 Å². The van der Waals surface area contributed by atoms with Crippen LogP contribution >= 0.6 is 12.4 Å². The monoisotopic (exact) mass is 360 g/mol. The Morgan fingerprint density at radius 3 is 2.26 bits per heavy atom. The second kappa shape index (κ2) is 11.0. The average molecular weight is 361 g/mol. The van der Waals surface area contributed by atoms with Gasteiger partial charge >= 0.3 is 0 Å². The maximum Gasteiger partial charge on any atom is 0.211 e. The molecule has 1 fully saturated rings. The number of aryl methyl sites for hydroxylation is 1. The van der Waals surface area contributed by atoms with Crippen molar-refractivity contribution >= 4 is 22.4 Å². The SMILES string of the molecule is Cl.O=S(=O)(CCc1ccccc1)NCCNC1CCCCCC1. The Bertz CT molecular complexity index is 515. The summed E-state index contributed by atoms with van der Waals surface area (Å²) in [6, 6.07) is 10.3. The summed E-state index contributed by atoms with van der Waals surface area (Å²) in [5, 5.41) is 3.48. The Kier molecular flexibility index (Phi) is 9.79. The summed E-state index contributed by atoms with van der Waals surface area (Å²) in [7, 11) is -3.18. The predicted octanol–water partition coefficient (Wildman–Crippen LogP) is 2.88. The second-order valence-corrected chi connectivity index (χ2v) is 8.02. The van der Waals surface area contributed by atoms with Gasteiger partial charge in [-0.25, -0.2) is 13.1 Å². The minimum Gasteiger partial charge on any atom is -0.313 e. The molecule has 1 aromatic rings. The molecule has 1 saturated carbocycles. The zero-order chi connectivity index (χ0) is 15.7. The van der Waals surface area contributed by atoms with Gasteiger partial charge in [0, 0.05) is 19.1 Å². The smallest absolute Gasteiger partial charge is 0.211 e. The third kappa shape index (κ3) is 8.70. The number of nitrogens with one attached hydrogen (secondary N) is 2. The van der Waals surface area contributed by atoms with Crippen molar-refractivity contribution in [1.82, 2.24) is 10.0 Å². The van der Waals surface area contributed by atoms with Gasteiger partial charge in [-0.1, -0.05) is 56.0 Å². The van der Waals surface area contributed by atoms with E-state index in [-0.39, 0.29) is 18.2 Å². The van der Waals surface area contributed by atoms with Crippen molar-refractivity contribution in [2.75, 3.05) is 18.8 Å². The van der Waals surface area contributed by atoms with Crippen LogP contribution in [0.3, 0.4) is 0 Å². The minimum absolute atomic E-state index is 0. The Morgan fingerprint density at radius 1 is 0.957 bits per heavy atom. The van der Waals surface area contributed by atoms with Crippen LogP contribution < -0.4 is 10.0 Å². The van der Waals surface area contributed by atoms with E-state index in [1.54, 1.807) is 0 Å². The van der Waals surface area contributed by atoms with Gasteiger partial charge in [-0.3, -0.25) is 0 Å². The van der Waals surface area contributed by atoms with E-state index in [2.05, 4.69) is 10.0 Å². The number of sulfonamides is 1. The lowest BCUT2D eigenvalue weighted by molar-refractivity contribution is 0.461. The Morgan fingerprint density at radius 2 is 1.61 bits per heavy atom. The van der Waals surface area contributed by atoms with Crippen molar-refractivity contribution in [3.63, 3.8) is 0 Å². The highest BCUT2D eigenvalue weighted by Crippen LogP contribution is 2.16. The lowest BCUT2D eigenvalue weighted by Crippen LogP contribution is -2.37. The molecule has 6 heteroatoms. The van der Waals surface area contributed by atoms with Gasteiger partial charge in [0.15, 0.2) is 0 Å². The minimum atomic E-state index is -3.18. The van der Waals surface area contributed by atoms with Gasteiger partial charge in [-0.2, -0.15) is 0 Å². The van der Waals surface area contributed by atoms with Crippen molar-refractivity contribution < 1.29 is 8.42 Å². The fourth-order valence-electron chi connectivity index (χ4n) is 2.94. The first-order valence-electron chi connectivity index (χ1n) is 8.40. The van der Waals surface area contributed by atoms with E-state index >= 15 is 0 Å². The van der Waals surface area contributed by atoms with Crippen molar-refractivity contribution in [2.24, 2.45) is 0 Å². The average Bonchev–Trinajstić information content (AvgIpc) is 2.80. The first-order chi connectivity index (χ1) is 10.7. The molecule has 0 spiro atoms. The van der Waals surface area contributed by atoms with E-state index in [0.29, 0.717) is 19.0 Å². The Balaban J connectivity index is 0.00000264. The van der Waals surface area contributed by atoms with Crippen molar-refractivity contribution in [3.05, 3.63) is 35.9 Å². The molecular weight excluding hydrogens is 332 g/mol. The maximum atomic E-state index is 12.0. The van der Waals surface area contributed by atoms with Gasteiger partial charge in [0.2, 0.25) is 10.0 Å². The molecule has 0 radical (unpaired) electrons. The summed E-state index contributed by atoms with van der Waals surface area (Å²) >= 11 is 0. The first-order valence-corrected chi connectivity index (χ1v) is 10.1. The summed E-state index contributed by atoms with van der Waals surface area (Å²) in [6.07, 6.45) is 8.27. The summed E-state index contributed by atoms with van der Waals surface area (Å²) < 4.78 is 26.6. The van der Waals surface area contributed by atoms with Crippen LogP contribution in [-0.2, 0) is 16.4 Å². The fraction of sp³-hybridized carbons (Fsp3) is 0.647. The van der Waals surface area contributed by atoms with Crippen LogP contribution in [0.2, 0.25) is 0 Å². The molecule has 0 saturated heterocycles. The van der Waals surface area contributed by atoms with E-state index in [1.165, 1.54) is 38.5 Å². The third-order valence-electron chi connectivity index (χ3n) is 4.24. The quantitative estimate of drug-likeness (QED) is 0.553. The van der Waals surface area contributed by atoms with Crippen LogP contribution in [0.25, 0.3) is 0 Å². The molecule has 0 aliphatic heterocycles. The number of halogens is 1. The number of hydrogen-bond donors (Lipinski definition) is 2. The zero-order valence-corrected chi connectivity index (χ0v) is 15.3. The van der Waals surface area contributed by atoms with Gasteiger partial charge in [-0.15, -0.1) is 12.4 Å². The largest absolute Gasteiger partial charge is 0.313 e. The van der Waals surface area contributed by atoms with Crippen molar-refractivity contribution in [3.8, 4) is 0 Å². The Hall–Kier alpha value is -0.620.